The minimum atomic E-state index is 0.498. The first-order valence-corrected chi connectivity index (χ1v) is 5.92. The van der Waals surface area contributed by atoms with Gasteiger partial charge in [0, 0.05) is 6.04 Å². The van der Waals surface area contributed by atoms with Crippen LogP contribution in [0.4, 0.5) is 0 Å². The van der Waals surface area contributed by atoms with Crippen molar-refractivity contribution in [3.8, 4) is 0 Å². The van der Waals surface area contributed by atoms with Gasteiger partial charge in [0.05, 0.1) is 12.9 Å². The Morgan fingerprint density at radius 1 is 1.53 bits per heavy atom. The highest BCUT2D eigenvalue weighted by molar-refractivity contribution is 5.10. The van der Waals surface area contributed by atoms with E-state index in [1.807, 2.05) is 6.26 Å². The fourth-order valence-corrected chi connectivity index (χ4v) is 1.89. The molecule has 0 radical (unpaired) electrons. The second-order valence-corrected chi connectivity index (χ2v) is 4.37. The Kier molecular flexibility index (Phi) is 5.73. The molecular formula is C12H24N2O. The molecular weight excluding hydrogens is 188 g/mol. The average Bonchev–Trinajstić information content (AvgIpc) is 2.25. The van der Waals surface area contributed by atoms with Gasteiger partial charge in [-0.2, -0.15) is 0 Å². The first-order chi connectivity index (χ1) is 7.24. The van der Waals surface area contributed by atoms with E-state index in [1.54, 1.807) is 0 Å². The summed E-state index contributed by atoms with van der Waals surface area (Å²) in [7, 11) is 4.24. The zero-order valence-electron chi connectivity index (χ0n) is 10.3. The van der Waals surface area contributed by atoms with Gasteiger partial charge in [0.25, 0.3) is 0 Å². The van der Waals surface area contributed by atoms with Crippen molar-refractivity contribution in [1.82, 2.24) is 10.2 Å². The lowest BCUT2D eigenvalue weighted by molar-refractivity contribution is 0.217. The van der Waals surface area contributed by atoms with Gasteiger partial charge in [-0.05, 0) is 52.0 Å². The standard InChI is InChI=1S/C12H24N2O/c1-4-13-12(7-8-14(2)3)11-6-5-9-15-10-11/h10,12-13H,4-9H2,1-3H3. The largest absolute Gasteiger partial charge is 0.501 e. The van der Waals surface area contributed by atoms with Crippen LogP contribution >= 0.6 is 0 Å². The van der Waals surface area contributed by atoms with Crippen LogP contribution in [0.3, 0.4) is 0 Å². The Labute approximate surface area is 93.5 Å². The monoisotopic (exact) mass is 212 g/mol. The molecule has 0 aromatic rings. The van der Waals surface area contributed by atoms with Crippen molar-refractivity contribution in [3.05, 3.63) is 11.8 Å². The normalized spacial score (nSPS) is 18.5. The minimum absolute atomic E-state index is 0.498. The summed E-state index contributed by atoms with van der Waals surface area (Å²) in [4.78, 5) is 2.23. The number of ether oxygens (including phenoxy) is 1. The maximum absolute atomic E-state index is 5.40. The Balaban J connectivity index is 2.44. The Morgan fingerprint density at radius 3 is 2.87 bits per heavy atom. The van der Waals surface area contributed by atoms with E-state index in [-0.39, 0.29) is 0 Å². The van der Waals surface area contributed by atoms with E-state index in [1.165, 1.54) is 12.0 Å². The molecule has 0 fully saturated rings. The highest BCUT2D eigenvalue weighted by Crippen LogP contribution is 2.17. The predicted molar refractivity (Wildman–Crippen MR) is 63.9 cm³/mol. The molecule has 0 aliphatic carbocycles. The van der Waals surface area contributed by atoms with Crippen LogP contribution in [0.15, 0.2) is 11.8 Å². The van der Waals surface area contributed by atoms with Gasteiger partial charge in [0.15, 0.2) is 0 Å². The Morgan fingerprint density at radius 2 is 2.33 bits per heavy atom. The van der Waals surface area contributed by atoms with Crippen molar-refractivity contribution in [1.29, 1.82) is 0 Å². The quantitative estimate of drug-likeness (QED) is 0.724. The fraction of sp³-hybridized carbons (Fsp3) is 0.833. The number of nitrogens with zero attached hydrogens (tertiary/aromatic N) is 1. The lowest BCUT2D eigenvalue weighted by Gasteiger charge is -2.25. The lowest BCUT2D eigenvalue weighted by Crippen LogP contribution is -2.34. The molecule has 1 heterocycles. The molecule has 3 heteroatoms. The van der Waals surface area contributed by atoms with E-state index in [2.05, 4.69) is 31.2 Å². The van der Waals surface area contributed by atoms with Crippen molar-refractivity contribution in [2.24, 2.45) is 0 Å². The summed E-state index contributed by atoms with van der Waals surface area (Å²) in [6, 6.07) is 0.498. The summed E-state index contributed by atoms with van der Waals surface area (Å²) in [5, 5.41) is 3.53. The van der Waals surface area contributed by atoms with Crippen LogP contribution in [0.1, 0.15) is 26.2 Å². The molecule has 1 atom stereocenters. The van der Waals surface area contributed by atoms with E-state index in [0.717, 1.165) is 32.5 Å². The molecule has 88 valence electrons. The summed E-state index contributed by atoms with van der Waals surface area (Å²) in [5.74, 6) is 0. The first-order valence-electron chi connectivity index (χ1n) is 5.92. The van der Waals surface area contributed by atoms with Crippen molar-refractivity contribution in [2.45, 2.75) is 32.2 Å². The maximum atomic E-state index is 5.40. The molecule has 1 rings (SSSR count). The van der Waals surface area contributed by atoms with Crippen LogP contribution in [0, 0.1) is 0 Å². The van der Waals surface area contributed by atoms with Gasteiger partial charge in [0.2, 0.25) is 0 Å². The molecule has 0 amide bonds. The molecule has 0 saturated carbocycles. The molecule has 0 spiro atoms. The van der Waals surface area contributed by atoms with Gasteiger partial charge in [-0.25, -0.2) is 0 Å². The third kappa shape index (κ3) is 4.67. The van der Waals surface area contributed by atoms with Crippen molar-refractivity contribution in [2.75, 3.05) is 33.8 Å². The number of rotatable bonds is 6. The Hall–Kier alpha value is -0.540. The number of likely N-dealkylation sites (N-methyl/N-ethyl adjacent to an activating group) is 1. The number of hydrogen-bond acceptors (Lipinski definition) is 3. The maximum Gasteiger partial charge on any atom is 0.0876 e. The lowest BCUT2D eigenvalue weighted by atomic mass is 9.99. The summed E-state index contributed by atoms with van der Waals surface area (Å²) in [5.41, 5.74) is 1.44. The SMILES string of the molecule is CCNC(CCN(C)C)C1=COCCC1. The van der Waals surface area contributed by atoms with Gasteiger partial charge in [-0.1, -0.05) is 6.92 Å². The third-order valence-corrected chi connectivity index (χ3v) is 2.73. The van der Waals surface area contributed by atoms with E-state index < -0.39 is 0 Å². The van der Waals surface area contributed by atoms with Crippen molar-refractivity contribution < 1.29 is 4.74 Å². The molecule has 0 aromatic carbocycles. The molecule has 0 saturated heterocycles. The molecule has 15 heavy (non-hydrogen) atoms. The van der Waals surface area contributed by atoms with Crippen LogP contribution in [0.2, 0.25) is 0 Å². The van der Waals surface area contributed by atoms with Crippen LogP contribution < -0.4 is 5.32 Å². The molecule has 1 unspecified atom stereocenters. The summed E-state index contributed by atoms with van der Waals surface area (Å²) in [6.45, 7) is 5.19. The summed E-state index contributed by atoms with van der Waals surface area (Å²) < 4.78 is 5.40. The second kappa shape index (κ2) is 6.85. The first kappa shape index (κ1) is 12.5. The highest BCUT2D eigenvalue weighted by Gasteiger charge is 2.15. The van der Waals surface area contributed by atoms with Crippen LogP contribution in [0.25, 0.3) is 0 Å². The highest BCUT2D eigenvalue weighted by atomic mass is 16.5. The minimum Gasteiger partial charge on any atom is -0.501 e. The smallest absolute Gasteiger partial charge is 0.0876 e. The van der Waals surface area contributed by atoms with E-state index >= 15 is 0 Å². The summed E-state index contributed by atoms with van der Waals surface area (Å²) >= 11 is 0. The number of nitrogens with one attached hydrogen (secondary N) is 1. The van der Waals surface area contributed by atoms with Gasteiger partial charge in [-0.3, -0.25) is 0 Å². The van der Waals surface area contributed by atoms with Crippen LogP contribution in [-0.2, 0) is 4.74 Å². The molecule has 1 aliphatic heterocycles. The van der Waals surface area contributed by atoms with E-state index in [9.17, 15) is 0 Å². The Bertz CT molecular complexity index is 202. The van der Waals surface area contributed by atoms with Gasteiger partial charge in [0.1, 0.15) is 0 Å². The van der Waals surface area contributed by atoms with Crippen LogP contribution in [-0.4, -0.2) is 44.7 Å². The van der Waals surface area contributed by atoms with Gasteiger partial charge in [-0.15, -0.1) is 0 Å². The second-order valence-electron chi connectivity index (χ2n) is 4.37. The summed E-state index contributed by atoms with van der Waals surface area (Å²) in [6.07, 6.45) is 5.48. The van der Waals surface area contributed by atoms with E-state index in [4.69, 9.17) is 4.74 Å². The molecule has 3 nitrogen and oxygen atoms in total. The fourth-order valence-electron chi connectivity index (χ4n) is 1.89. The molecule has 1 N–H and O–H groups in total. The molecule has 1 aliphatic rings. The average molecular weight is 212 g/mol. The zero-order valence-corrected chi connectivity index (χ0v) is 10.3. The number of hydrogen-bond donors (Lipinski definition) is 1. The van der Waals surface area contributed by atoms with E-state index in [0.29, 0.717) is 6.04 Å². The molecule has 0 bridgehead atoms. The molecule has 0 aromatic heterocycles. The van der Waals surface area contributed by atoms with Crippen LogP contribution in [0.5, 0.6) is 0 Å². The van der Waals surface area contributed by atoms with Gasteiger partial charge < -0.3 is 15.0 Å². The van der Waals surface area contributed by atoms with Crippen molar-refractivity contribution in [3.63, 3.8) is 0 Å². The third-order valence-electron chi connectivity index (χ3n) is 2.73. The topological polar surface area (TPSA) is 24.5 Å². The van der Waals surface area contributed by atoms with Gasteiger partial charge >= 0.3 is 0 Å². The predicted octanol–water partition coefficient (Wildman–Crippen LogP) is 1.61. The van der Waals surface area contributed by atoms with Crippen molar-refractivity contribution >= 4 is 0 Å². The zero-order chi connectivity index (χ0) is 11.1.